The molecule has 5 heteroatoms. The lowest BCUT2D eigenvalue weighted by atomic mass is 10.2. The minimum absolute atomic E-state index is 0.0322. The Bertz CT molecular complexity index is 725. The van der Waals surface area contributed by atoms with E-state index in [1.807, 2.05) is 54.6 Å². The molecule has 0 aromatic heterocycles. The molecule has 27 heavy (non-hydrogen) atoms. The fourth-order valence-electron chi connectivity index (χ4n) is 2.96. The van der Waals surface area contributed by atoms with E-state index in [2.05, 4.69) is 24.1 Å². The summed E-state index contributed by atoms with van der Waals surface area (Å²) in [7, 11) is 0. The molecular formula is C22H29N3O2. The van der Waals surface area contributed by atoms with E-state index in [0.717, 1.165) is 30.0 Å². The predicted octanol–water partition coefficient (Wildman–Crippen LogP) is 3.91. The van der Waals surface area contributed by atoms with Gasteiger partial charge in [-0.05, 0) is 43.7 Å². The van der Waals surface area contributed by atoms with E-state index in [4.69, 9.17) is 0 Å². The van der Waals surface area contributed by atoms with Gasteiger partial charge in [0.25, 0.3) is 0 Å². The van der Waals surface area contributed by atoms with Gasteiger partial charge in [0.05, 0.1) is 0 Å². The van der Waals surface area contributed by atoms with Crippen molar-refractivity contribution in [3.05, 3.63) is 60.2 Å². The third kappa shape index (κ3) is 6.44. The van der Waals surface area contributed by atoms with Crippen LogP contribution in [0.1, 0.15) is 32.8 Å². The Morgan fingerprint density at radius 3 is 2.11 bits per heavy atom. The summed E-state index contributed by atoms with van der Waals surface area (Å²) in [5, 5.41) is 2.91. The Morgan fingerprint density at radius 2 is 1.56 bits per heavy atom. The summed E-state index contributed by atoms with van der Waals surface area (Å²) in [5.74, 6) is -0.125. The van der Waals surface area contributed by atoms with Crippen LogP contribution < -0.4 is 10.2 Å². The van der Waals surface area contributed by atoms with Gasteiger partial charge in [-0.2, -0.15) is 0 Å². The van der Waals surface area contributed by atoms with Crippen molar-refractivity contribution < 1.29 is 9.59 Å². The van der Waals surface area contributed by atoms with Crippen LogP contribution in [0.3, 0.4) is 0 Å². The van der Waals surface area contributed by atoms with Crippen molar-refractivity contribution in [2.75, 3.05) is 29.9 Å². The standard InChI is InChI=1S/C22H29N3O2/c1-4-24(5-2)21-13-11-20(12-14-21)23-22(27)15-16-25(18(3)26)17-19-9-7-6-8-10-19/h6-14H,4-5,15-17H2,1-3H3,(H,23,27). The van der Waals surface area contributed by atoms with Crippen molar-refractivity contribution >= 4 is 23.2 Å². The summed E-state index contributed by atoms with van der Waals surface area (Å²) < 4.78 is 0. The fourth-order valence-corrected chi connectivity index (χ4v) is 2.96. The van der Waals surface area contributed by atoms with Crippen LogP contribution in [0, 0.1) is 0 Å². The first-order valence-electron chi connectivity index (χ1n) is 9.47. The molecule has 0 aliphatic carbocycles. The van der Waals surface area contributed by atoms with E-state index >= 15 is 0 Å². The van der Waals surface area contributed by atoms with Crippen molar-refractivity contribution in [1.82, 2.24) is 4.90 Å². The van der Waals surface area contributed by atoms with Gasteiger partial charge in [-0.3, -0.25) is 9.59 Å². The van der Waals surface area contributed by atoms with E-state index in [1.54, 1.807) is 4.90 Å². The van der Waals surface area contributed by atoms with Gasteiger partial charge < -0.3 is 15.1 Å². The van der Waals surface area contributed by atoms with Gasteiger partial charge in [-0.25, -0.2) is 0 Å². The number of carbonyl (C=O) groups excluding carboxylic acids is 2. The van der Waals surface area contributed by atoms with Gasteiger partial charge in [0.15, 0.2) is 0 Å². The molecule has 0 bridgehead atoms. The molecule has 0 spiro atoms. The van der Waals surface area contributed by atoms with Crippen LogP contribution in [-0.2, 0) is 16.1 Å². The van der Waals surface area contributed by atoms with Crippen LogP contribution in [-0.4, -0.2) is 36.3 Å². The highest BCUT2D eigenvalue weighted by Crippen LogP contribution is 2.18. The molecule has 0 radical (unpaired) electrons. The van der Waals surface area contributed by atoms with E-state index in [9.17, 15) is 9.59 Å². The summed E-state index contributed by atoms with van der Waals surface area (Å²) in [6.45, 7) is 8.59. The van der Waals surface area contributed by atoms with Crippen LogP contribution in [0.15, 0.2) is 54.6 Å². The summed E-state index contributed by atoms with van der Waals surface area (Å²) in [6, 6.07) is 17.7. The van der Waals surface area contributed by atoms with Crippen molar-refractivity contribution in [3.8, 4) is 0 Å². The number of hydrogen-bond donors (Lipinski definition) is 1. The number of hydrogen-bond acceptors (Lipinski definition) is 3. The predicted molar refractivity (Wildman–Crippen MR) is 111 cm³/mol. The van der Waals surface area contributed by atoms with Crippen molar-refractivity contribution in [1.29, 1.82) is 0 Å². The molecular weight excluding hydrogens is 338 g/mol. The number of rotatable bonds is 9. The first-order chi connectivity index (χ1) is 13.0. The van der Waals surface area contributed by atoms with Gasteiger partial charge in [0.2, 0.25) is 11.8 Å². The topological polar surface area (TPSA) is 52.7 Å². The molecule has 0 fully saturated rings. The maximum Gasteiger partial charge on any atom is 0.226 e. The highest BCUT2D eigenvalue weighted by atomic mass is 16.2. The number of carbonyl (C=O) groups is 2. The zero-order valence-electron chi connectivity index (χ0n) is 16.4. The lowest BCUT2D eigenvalue weighted by Gasteiger charge is -2.22. The fraction of sp³-hybridized carbons (Fsp3) is 0.364. The average Bonchev–Trinajstić information content (AvgIpc) is 2.68. The van der Waals surface area contributed by atoms with Crippen LogP contribution in [0.4, 0.5) is 11.4 Å². The smallest absolute Gasteiger partial charge is 0.226 e. The summed E-state index contributed by atoms with van der Waals surface area (Å²) in [6.07, 6.45) is 0.268. The van der Waals surface area contributed by atoms with E-state index < -0.39 is 0 Å². The zero-order valence-corrected chi connectivity index (χ0v) is 16.4. The Balaban J connectivity index is 1.87. The van der Waals surface area contributed by atoms with Gasteiger partial charge in [0.1, 0.15) is 0 Å². The number of nitrogens with one attached hydrogen (secondary N) is 1. The Hall–Kier alpha value is -2.82. The van der Waals surface area contributed by atoms with Gasteiger partial charge in [0, 0.05) is 50.9 Å². The van der Waals surface area contributed by atoms with Crippen LogP contribution >= 0.6 is 0 Å². The van der Waals surface area contributed by atoms with Crippen LogP contribution in [0.2, 0.25) is 0 Å². The summed E-state index contributed by atoms with van der Waals surface area (Å²) >= 11 is 0. The summed E-state index contributed by atoms with van der Waals surface area (Å²) in [4.78, 5) is 28.1. The average molecular weight is 367 g/mol. The first-order valence-corrected chi connectivity index (χ1v) is 9.47. The highest BCUT2D eigenvalue weighted by Gasteiger charge is 2.12. The van der Waals surface area contributed by atoms with Crippen molar-refractivity contribution in [3.63, 3.8) is 0 Å². The molecule has 0 heterocycles. The SMILES string of the molecule is CCN(CC)c1ccc(NC(=O)CCN(Cc2ccccc2)C(C)=O)cc1. The Morgan fingerprint density at radius 1 is 0.926 bits per heavy atom. The number of amides is 2. The molecule has 0 unspecified atom stereocenters. The van der Waals surface area contributed by atoms with Crippen LogP contribution in [0.5, 0.6) is 0 Å². The van der Waals surface area contributed by atoms with Gasteiger partial charge >= 0.3 is 0 Å². The lowest BCUT2D eigenvalue weighted by Crippen LogP contribution is -2.31. The van der Waals surface area contributed by atoms with Crippen molar-refractivity contribution in [2.24, 2.45) is 0 Å². The highest BCUT2D eigenvalue weighted by molar-refractivity contribution is 5.91. The molecule has 2 rings (SSSR count). The second-order valence-electron chi connectivity index (χ2n) is 6.44. The van der Waals surface area contributed by atoms with E-state index in [0.29, 0.717) is 13.1 Å². The summed E-state index contributed by atoms with van der Waals surface area (Å²) in [5.41, 5.74) is 2.97. The van der Waals surface area contributed by atoms with Crippen LogP contribution in [0.25, 0.3) is 0 Å². The third-order valence-corrected chi connectivity index (χ3v) is 4.55. The number of nitrogens with zero attached hydrogens (tertiary/aromatic N) is 2. The maximum absolute atomic E-state index is 12.3. The largest absolute Gasteiger partial charge is 0.372 e. The molecule has 5 nitrogen and oxygen atoms in total. The normalized spacial score (nSPS) is 10.3. The Kier molecular flexibility index (Phi) is 7.86. The third-order valence-electron chi connectivity index (χ3n) is 4.55. The first kappa shape index (κ1) is 20.5. The molecule has 144 valence electrons. The molecule has 1 N–H and O–H groups in total. The molecule has 2 amide bonds. The lowest BCUT2D eigenvalue weighted by molar-refractivity contribution is -0.129. The quantitative estimate of drug-likeness (QED) is 0.731. The molecule has 0 aliphatic rings. The molecule has 0 atom stereocenters. The second-order valence-corrected chi connectivity index (χ2v) is 6.44. The minimum atomic E-state index is -0.0927. The molecule has 2 aromatic carbocycles. The molecule has 2 aromatic rings. The molecule has 0 saturated carbocycles. The minimum Gasteiger partial charge on any atom is -0.372 e. The molecule has 0 aliphatic heterocycles. The molecule has 0 saturated heterocycles. The Labute approximate surface area is 162 Å². The monoisotopic (exact) mass is 367 g/mol. The van der Waals surface area contributed by atoms with E-state index in [1.165, 1.54) is 6.92 Å². The van der Waals surface area contributed by atoms with Gasteiger partial charge in [-0.15, -0.1) is 0 Å². The number of anilines is 2. The second kappa shape index (κ2) is 10.4. The van der Waals surface area contributed by atoms with Crippen molar-refractivity contribution in [2.45, 2.75) is 33.7 Å². The maximum atomic E-state index is 12.3. The zero-order chi connectivity index (χ0) is 19.6. The number of benzene rings is 2. The van der Waals surface area contributed by atoms with E-state index in [-0.39, 0.29) is 18.2 Å². The van der Waals surface area contributed by atoms with Gasteiger partial charge in [-0.1, -0.05) is 30.3 Å².